The average molecular weight is 209 g/mol. The molecule has 1 aliphatic rings. The quantitative estimate of drug-likeness (QED) is 0.733. The molecule has 4 heteroatoms. The highest BCUT2D eigenvalue weighted by Gasteiger charge is 2.62. The van der Waals surface area contributed by atoms with Crippen molar-refractivity contribution in [3.8, 4) is 0 Å². The second-order valence-electron chi connectivity index (χ2n) is 4.35. The predicted molar refractivity (Wildman–Crippen MR) is 50.1 cm³/mol. The van der Waals surface area contributed by atoms with Crippen LogP contribution in [0.25, 0.3) is 0 Å². The van der Waals surface area contributed by atoms with E-state index in [0.717, 1.165) is 12.8 Å². The molecule has 1 fully saturated rings. The van der Waals surface area contributed by atoms with E-state index in [9.17, 15) is 13.2 Å². The number of hydrogen-bond donors (Lipinski definition) is 1. The van der Waals surface area contributed by atoms with E-state index < -0.39 is 11.7 Å². The van der Waals surface area contributed by atoms with Crippen molar-refractivity contribution in [2.75, 3.05) is 6.54 Å². The van der Waals surface area contributed by atoms with Gasteiger partial charge in [0.2, 0.25) is 0 Å². The molecule has 0 aliphatic heterocycles. The van der Waals surface area contributed by atoms with Crippen molar-refractivity contribution < 1.29 is 13.2 Å². The molecule has 0 amide bonds. The van der Waals surface area contributed by atoms with Crippen LogP contribution in [0.3, 0.4) is 0 Å². The summed E-state index contributed by atoms with van der Waals surface area (Å²) in [6, 6.07) is 0. The fourth-order valence-corrected chi connectivity index (χ4v) is 1.65. The largest absolute Gasteiger partial charge is 0.406 e. The van der Waals surface area contributed by atoms with Crippen LogP contribution in [0.15, 0.2) is 0 Å². The maximum Gasteiger partial charge on any atom is 0.406 e. The highest BCUT2D eigenvalue weighted by molar-refractivity contribution is 5.07. The van der Waals surface area contributed by atoms with E-state index >= 15 is 0 Å². The summed E-state index contributed by atoms with van der Waals surface area (Å²) in [5.41, 5.74) is -1.53. The number of halogens is 3. The average Bonchev–Trinajstić information content (AvgIpc) is 2.80. The summed E-state index contributed by atoms with van der Waals surface area (Å²) in [7, 11) is 0. The van der Waals surface area contributed by atoms with Gasteiger partial charge in [0.25, 0.3) is 0 Å². The summed E-state index contributed by atoms with van der Waals surface area (Å²) < 4.78 is 37.4. The van der Waals surface area contributed by atoms with E-state index in [1.807, 2.05) is 13.8 Å². The first-order valence-electron chi connectivity index (χ1n) is 5.23. The molecule has 0 aromatic rings. The fourth-order valence-electron chi connectivity index (χ4n) is 1.65. The molecule has 84 valence electrons. The van der Waals surface area contributed by atoms with E-state index in [1.165, 1.54) is 0 Å². The Morgan fingerprint density at radius 1 is 1.36 bits per heavy atom. The first-order valence-corrected chi connectivity index (χ1v) is 5.23. The van der Waals surface area contributed by atoms with E-state index in [-0.39, 0.29) is 12.8 Å². The van der Waals surface area contributed by atoms with Crippen LogP contribution < -0.4 is 5.32 Å². The third-order valence-electron chi connectivity index (χ3n) is 2.86. The molecule has 1 rings (SSSR count). The second kappa shape index (κ2) is 4.09. The lowest BCUT2D eigenvalue weighted by Crippen LogP contribution is -2.46. The van der Waals surface area contributed by atoms with Crippen molar-refractivity contribution in [2.45, 2.75) is 51.2 Å². The van der Waals surface area contributed by atoms with E-state index in [1.54, 1.807) is 0 Å². The minimum Gasteiger partial charge on any atom is -0.303 e. The maximum atomic E-state index is 12.5. The lowest BCUT2D eigenvalue weighted by atomic mass is 10.1. The molecule has 0 bridgehead atoms. The van der Waals surface area contributed by atoms with Crippen LogP contribution >= 0.6 is 0 Å². The Kier molecular flexibility index (Phi) is 3.45. The van der Waals surface area contributed by atoms with Gasteiger partial charge in [-0.2, -0.15) is 13.2 Å². The van der Waals surface area contributed by atoms with Crippen LogP contribution in [0.2, 0.25) is 0 Å². The lowest BCUT2D eigenvalue weighted by molar-refractivity contribution is -0.166. The Labute approximate surface area is 83.1 Å². The highest BCUT2D eigenvalue weighted by atomic mass is 19.4. The first-order chi connectivity index (χ1) is 6.41. The lowest BCUT2D eigenvalue weighted by Gasteiger charge is -2.22. The van der Waals surface area contributed by atoms with Crippen molar-refractivity contribution in [3.05, 3.63) is 0 Å². The zero-order valence-electron chi connectivity index (χ0n) is 8.75. The van der Waals surface area contributed by atoms with Crippen LogP contribution in [0.5, 0.6) is 0 Å². The maximum absolute atomic E-state index is 12.5. The molecule has 14 heavy (non-hydrogen) atoms. The monoisotopic (exact) mass is 209 g/mol. The van der Waals surface area contributed by atoms with Gasteiger partial charge >= 0.3 is 6.18 Å². The van der Waals surface area contributed by atoms with Crippen molar-refractivity contribution in [1.82, 2.24) is 5.32 Å². The zero-order chi connectivity index (χ0) is 10.8. The summed E-state index contributed by atoms with van der Waals surface area (Å²) in [6.45, 7) is 4.52. The smallest absolute Gasteiger partial charge is 0.303 e. The van der Waals surface area contributed by atoms with Crippen LogP contribution in [0.1, 0.15) is 39.5 Å². The summed E-state index contributed by atoms with van der Waals surface area (Å²) in [5, 5.41) is 2.67. The summed E-state index contributed by atoms with van der Waals surface area (Å²) in [6.07, 6.45) is -1.56. The fraction of sp³-hybridized carbons (Fsp3) is 1.00. The van der Waals surface area contributed by atoms with Crippen LogP contribution in [-0.4, -0.2) is 18.3 Å². The van der Waals surface area contributed by atoms with Gasteiger partial charge in [0.15, 0.2) is 0 Å². The Hall–Kier alpha value is -0.250. The van der Waals surface area contributed by atoms with Crippen molar-refractivity contribution >= 4 is 0 Å². The molecule has 0 spiro atoms. The van der Waals surface area contributed by atoms with Gasteiger partial charge in [0.1, 0.15) is 5.54 Å². The van der Waals surface area contributed by atoms with Gasteiger partial charge in [-0.3, -0.25) is 0 Å². The Balaban J connectivity index is 2.31. The van der Waals surface area contributed by atoms with E-state index in [0.29, 0.717) is 12.5 Å². The number of rotatable bonds is 5. The molecule has 1 aliphatic carbocycles. The SMILES string of the molecule is CCCC(C)CNC1(C(F)(F)F)CC1. The second-order valence-corrected chi connectivity index (χ2v) is 4.35. The molecule has 0 radical (unpaired) electrons. The van der Waals surface area contributed by atoms with Crippen molar-refractivity contribution in [1.29, 1.82) is 0 Å². The Morgan fingerprint density at radius 2 is 1.93 bits per heavy atom. The summed E-state index contributed by atoms with van der Waals surface area (Å²) in [5.74, 6) is 0.333. The molecule has 1 atom stereocenters. The third kappa shape index (κ3) is 2.62. The molecule has 0 aromatic carbocycles. The molecule has 1 saturated carbocycles. The first kappa shape index (κ1) is 11.8. The molecule has 0 aromatic heterocycles. The molecular formula is C10H18F3N. The van der Waals surface area contributed by atoms with Crippen molar-refractivity contribution in [3.63, 3.8) is 0 Å². The van der Waals surface area contributed by atoms with Gasteiger partial charge in [-0.1, -0.05) is 20.3 Å². The van der Waals surface area contributed by atoms with E-state index in [2.05, 4.69) is 5.32 Å². The van der Waals surface area contributed by atoms with Gasteiger partial charge in [0, 0.05) is 0 Å². The highest BCUT2D eigenvalue weighted by Crippen LogP contribution is 2.48. The summed E-state index contributed by atoms with van der Waals surface area (Å²) in [4.78, 5) is 0. The third-order valence-corrected chi connectivity index (χ3v) is 2.86. The number of alkyl halides is 3. The molecule has 0 saturated heterocycles. The normalized spacial score (nSPS) is 22.1. The Bertz CT molecular complexity index is 184. The van der Waals surface area contributed by atoms with Gasteiger partial charge in [0.05, 0.1) is 0 Å². The number of hydrogen-bond acceptors (Lipinski definition) is 1. The molecule has 1 nitrogen and oxygen atoms in total. The molecule has 1 unspecified atom stereocenters. The molecule has 1 N–H and O–H groups in total. The van der Waals surface area contributed by atoms with Crippen LogP contribution in [-0.2, 0) is 0 Å². The van der Waals surface area contributed by atoms with Gasteiger partial charge in [-0.15, -0.1) is 0 Å². The summed E-state index contributed by atoms with van der Waals surface area (Å²) >= 11 is 0. The minimum absolute atomic E-state index is 0.245. The van der Waals surface area contributed by atoms with Gasteiger partial charge < -0.3 is 5.32 Å². The van der Waals surface area contributed by atoms with Crippen molar-refractivity contribution in [2.24, 2.45) is 5.92 Å². The minimum atomic E-state index is -4.07. The standard InChI is InChI=1S/C10H18F3N/c1-3-4-8(2)7-14-9(5-6-9)10(11,12)13/h8,14H,3-7H2,1-2H3. The number of nitrogens with one attached hydrogen (secondary N) is 1. The zero-order valence-corrected chi connectivity index (χ0v) is 8.75. The predicted octanol–water partition coefficient (Wildman–Crippen LogP) is 3.11. The van der Waals surface area contributed by atoms with Crippen LogP contribution in [0, 0.1) is 5.92 Å². The van der Waals surface area contributed by atoms with E-state index in [4.69, 9.17) is 0 Å². The molecule has 0 heterocycles. The van der Waals surface area contributed by atoms with Gasteiger partial charge in [-0.05, 0) is 31.7 Å². The van der Waals surface area contributed by atoms with Gasteiger partial charge in [-0.25, -0.2) is 0 Å². The van der Waals surface area contributed by atoms with Crippen LogP contribution in [0.4, 0.5) is 13.2 Å². The molecular weight excluding hydrogens is 191 g/mol. The Morgan fingerprint density at radius 3 is 2.29 bits per heavy atom. The topological polar surface area (TPSA) is 12.0 Å².